The Bertz CT molecular complexity index is 1280. The van der Waals surface area contributed by atoms with E-state index in [9.17, 15) is 0 Å². The number of oxazole rings is 1. The standard InChI is InChI=1S/C30H35N5O2/c1-21-33-34-29(36-21)24-13-15-26(16-14-24)35-17-7-8-22(20-35)18-25-11-5-6-12-27(25)32-30-31-19-28(37-30)23-9-3-2-4-10-23/h2-4,9-10,13-16,19,22,25,27H,5-8,11-12,17-18,20H2,1H3,(H,31,32)/t22-,25+,27-/m1/s1. The number of hydrogen-bond donors (Lipinski definition) is 1. The molecule has 0 unspecified atom stereocenters. The molecule has 3 heterocycles. The Morgan fingerprint density at radius 2 is 1.73 bits per heavy atom. The molecule has 1 N–H and O–H groups in total. The molecule has 192 valence electrons. The Morgan fingerprint density at radius 3 is 2.54 bits per heavy atom. The highest BCUT2D eigenvalue weighted by molar-refractivity contribution is 5.59. The van der Waals surface area contributed by atoms with Gasteiger partial charge in [0.2, 0.25) is 11.8 Å². The first-order valence-electron chi connectivity index (χ1n) is 13.6. The van der Waals surface area contributed by atoms with Crippen LogP contribution in [-0.4, -0.2) is 34.3 Å². The highest BCUT2D eigenvalue weighted by Crippen LogP contribution is 2.36. The summed E-state index contributed by atoms with van der Waals surface area (Å²) in [6.07, 6.45) is 10.7. The van der Waals surface area contributed by atoms with Crippen molar-refractivity contribution in [1.82, 2.24) is 15.2 Å². The van der Waals surface area contributed by atoms with Gasteiger partial charge < -0.3 is 19.1 Å². The second-order valence-corrected chi connectivity index (χ2v) is 10.6. The van der Waals surface area contributed by atoms with E-state index in [1.54, 1.807) is 0 Å². The SMILES string of the molecule is Cc1nnc(-c2ccc(N3CCC[C@H](C[C@@H]4CCCC[C@H]4Nc4ncc(-c5ccccc5)o4)C3)cc2)o1. The van der Waals surface area contributed by atoms with E-state index in [0.29, 0.717) is 35.7 Å². The molecule has 0 radical (unpaired) electrons. The fraction of sp³-hybridized carbons (Fsp3) is 0.433. The summed E-state index contributed by atoms with van der Waals surface area (Å²) < 4.78 is 11.7. The van der Waals surface area contributed by atoms with Crippen LogP contribution in [0.5, 0.6) is 0 Å². The van der Waals surface area contributed by atoms with E-state index in [1.807, 2.05) is 31.3 Å². The molecule has 0 spiro atoms. The Labute approximate surface area is 218 Å². The Hall–Kier alpha value is -3.61. The van der Waals surface area contributed by atoms with Crippen molar-refractivity contribution in [3.05, 3.63) is 66.7 Å². The first-order chi connectivity index (χ1) is 18.2. The van der Waals surface area contributed by atoms with E-state index in [-0.39, 0.29) is 0 Å². The summed E-state index contributed by atoms with van der Waals surface area (Å²) in [5, 5.41) is 11.8. The number of anilines is 2. The van der Waals surface area contributed by atoms with Gasteiger partial charge in [0, 0.05) is 42.9 Å². The molecule has 1 aliphatic carbocycles. The van der Waals surface area contributed by atoms with Crippen molar-refractivity contribution < 1.29 is 8.83 Å². The van der Waals surface area contributed by atoms with Crippen molar-refractivity contribution in [2.45, 2.75) is 57.9 Å². The molecule has 1 saturated carbocycles. The Morgan fingerprint density at radius 1 is 0.892 bits per heavy atom. The third kappa shape index (κ3) is 5.55. The van der Waals surface area contributed by atoms with Crippen LogP contribution in [0.2, 0.25) is 0 Å². The van der Waals surface area contributed by atoms with Gasteiger partial charge >= 0.3 is 0 Å². The van der Waals surface area contributed by atoms with Gasteiger partial charge in [-0.1, -0.05) is 43.2 Å². The molecular formula is C30H35N5O2. The molecule has 0 amide bonds. The smallest absolute Gasteiger partial charge is 0.295 e. The summed E-state index contributed by atoms with van der Waals surface area (Å²) in [6, 6.07) is 19.8. The molecule has 1 aliphatic heterocycles. The van der Waals surface area contributed by atoms with E-state index in [2.05, 4.69) is 61.8 Å². The van der Waals surface area contributed by atoms with Gasteiger partial charge in [0.25, 0.3) is 6.01 Å². The molecule has 6 rings (SSSR count). The molecule has 7 heteroatoms. The Balaban J connectivity index is 1.08. The minimum absolute atomic E-state index is 0.420. The molecule has 2 aromatic carbocycles. The number of hydrogen-bond acceptors (Lipinski definition) is 7. The predicted molar refractivity (Wildman–Crippen MR) is 145 cm³/mol. The minimum atomic E-state index is 0.420. The summed E-state index contributed by atoms with van der Waals surface area (Å²) >= 11 is 0. The second-order valence-electron chi connectivity index (χ2n) is 10.6. The maximum atomic E-state index is 6.08. The molecular weight excluding hydrogens is 462 g/mol. The van der Waals surface area contributed by atoms with Crippen LogP contribution in [-0.2, 0) is 0 Å². The lowest BCUT2D eigenvalue weighted by atomic mass is 9.77. The van der Waals surface area contributed by atoms with Crippen molar-refractivity contribution in [3.8, 4) is 22.8 Å². The zero-order valence-electron chi connectivity index (χ0n) is 21.5. The molecule has 4 aromatic rings. The van der Waals surface area contributed by atoms with Gasteiger partial charge in [0.1, 0.15) is 0 Å². The summed E-state index contributed by atoms with van der Waals surface area (Å²) in [5.41, 5.74) is 3.30. The summed E-state index contributed by atoms with van der Waals surface area (Å²) in [6.45, 7) is 4.04. The normalized spacial score (nSPS) is 22.2. The molecule has 7 nitrogen and oxygen atoms in total. The summed E-state index contributed by atoms with van der Waals surface area (Å²) in [4.78, 5) is 7.09. The molecule has 2 fully saturated rings. The first kappa shape index (κ1) is 23.8. The van der Waals surface area contributed by atoms with Crippen molar-refractivity contribution in [2.75, 3.05) is 23.3 Å². The van der Waals surface area contributed by atoms with E-state index in [1.165, 1.54) is 50.6 Å². The fourth-order valence-corrected chi connectivity index (χ4v) is 6.06. The fourth-order valence-electron chi connectivity index (χ4n) is 6.06. The topological polar surface area (TPSA) is 80.2 Å². The average Bonchev–Trinajstić information content (AvgIpc) is 3.60. The highest BCUT2D eigenvalue weighted by atomic mass is 16.4. The van der Waals surface area contributed by atoms with Crippen LogP contribution in [0, 0.1) is 18.8 Å². The first-order valence-corrected chi connectivity index (χ1v) is 13.6. The molecule has 37 heavy (non-hydrogen) atoms. The third-order valence-corrected chi connectivity index (χ3v) is 7.94. The number of benzene rings is 2. The second kappa shape index (κ2) is 10.8. The zero-order valence-corrected chi connectivity index (χ0v) is 21.5. The number of nitrogens with one attached hydrogen (secondary N) is 1. The van der Waals surface area contributed by atoms with Crippen molar-refractivity contribution >= 4 is 11.7 Å². The van der Waals surface area contributed by atoms with Crippen LogP contribution in [0.4, 0.5) is 11.7 Å². The predicted octanol–water partition coefficient (Wildman–Crippen LogP) is 6.98. The lowest BCUT2D eigenvalue weighted by molar-refractivity contribution is 0.245. The summed E-state index contributed by atoms with van der Waals surface area (Å²) in [7, 11) is 0. The molecule has 0 bridgehead atoms. The van der Waals surface area contributed by atoms with E-state index < -0.39 is 0 Å². The van der Waals surface area contributed by atoms with Crippen LogP contribution in [0.3, 0.4) is 0 Å². The average molecular weight is 498 g/mol. The van der Waals surface area contributed by atoms with Gasteiger partial charge in [0.15, 0.2) is 5.76 Å². The van der Waals surface area contributed by atoms with Crippen LogP contribution in [0.1, 0.15) is 50.8 Å². The van der Waals surface area contributed by atoms with Gasteiger partial charge in [0.05, 0.1) is 6.20 Å². The number of nitrogens with zero attached hydrogens (tertiary/aromatic N) is 4. The molecule has 2 aliphatic rings. The van der Waals surface area contributed by atoms with E-state index in [0.717, 1.165) is 30.0 Å². The zero-order chi connectivity index (χ0) is 25.0. The van der Waals surface area contributed by atoms with E-state index in [4.69, 9.17) is 8.83 Å². The third-order valence-electron chi connectivity index (χ3n) is 7.94. The van der Waals surface area contributed by atoms with Crippen LogP contribution in [0.25, 0.3) is 22.8 Å². The van der Waals surface area contributed by atoms with Gasteiger partial charge in [-0.3, -0.25) is 0 Å². The van der Waals surface area contributed by atoms with E-state index >= 15 is 0 Å². The number of aryl methyl sites for hydroxylation is 1. The quantitative estimate of drug-likeness (QED) is 0.295. The lowest BCUT2D eigenvalue weighted by Crippen LogP contribution is -2.39. The largest absolute Gasteiger partial charge is 0.424 e. The van der Waals surface area contributed by atoms with Gasteiger partial charge in [-0.15, -0.1) is 10.2 Å². The maximum absolute atomic E-state index is 6.08. The Kier molecular flexibility index (Phi) is 6.93. The molecule has 2 aromatic heterocycles. The van der Waals surface area contributed by atoms with Crippen LogP contribution in [0.15, 0.2) is 69.6 Å². The van der Waals surface area contributed by atoms with Crippen LogP contribution < -0.4 is 10.2 Å². The van der Waals surface area contributed by atoms with Gasteiger partial charge in [-0.25, -0.2) is 4.98 Å². The number of aromatic nitrogens is 3. The molecule has 1 saturated heterocycles. The van der Waals surface area contributed by atoms with Gasteiger partial charge in [-0.2, -0.15) is 0 Å². The molecule has 3 atom stereocenters. The maximum Gasteiger partial charge on any atom is 0.295 e. The highest BCUT2D eigenvalue weighted by Gasteiger charge is 2.30. The van der Waals surface area contributed by atoms with Crippen molar-refractivity contribution in [1.29, 1.82) is 0 Å². The minimum Gasteiger partial charge on any atom is -0.424 e. The lowest BCUT2D eigenvalue weighted by Gasteiger charge is -2.39. The van der Waals surface area contributed by atoms with Crippen molar-refractivity contribution in [2.24, 2.45) is 11.8 Å². The van der Waals surface area contributed by atoms with Crippen LogP contribution >= 0.6 is 0 Å². The number of piperidine rings is 1. The van der Waals surface area contributed by atoms with Gasteiger partial charge in [-0.05, 0) is 68.2 Å². The van der Waals surface area contributed by atoms with Crippen molar-refractivity contribution in [3.63, 3.8) is 0 Å². The monoisotopic (exact) mass is 497 g/mol. The number of rotatable bonds is 7. The summed E-state index contributed by atoms with van der Waals surface area (Å²) in [5.74, 6) is 3.34.